The molecule has 58 valence electrons. The van der Waals surface area contributed by atoms with Crippen LogP contribution in [0.3, 0.4) is 0 Å². The van der Waals surface area contributed by atoms with Gasteiger partial charge in [0.05, 0.1) is 16.8 Å². The summed E-state index contributed by atoms with van der Waals surface area (Å²) in [6, 6.07) is 0. The van der Waals surface area contributed by atoms with Crippen LogP contribution in [0.1, 0.15) is 13.8 Å². The lowest BCUT2D eigenvalue weighted by atomic mass is 10.1. The van der Waals surface area contributed by atoms with Crippen LogP contribution in [0.4, 0.5) is 0 Å². The highest BCUT2D eigenvalue weighted by Gasteiger charge is 2.24. The number of rotatable bonds is 3. The standard InChI is InChI=1S/C6H9Cl2NO/c1-6(2,8)5(7)3-9-4-10/h5H,3H2,1-2H3. The average Bonchev–Trinajstić information content (AvgIpc) is 1.80. The summed E-state index contributed by atoms with van der Waals surface area (Å²) >= 11 is 11.5. The zero-order valence-electron chi connectivity index (χ0n) is 5.90. The molecule has 0 aromatic carbocycles. The first-order valence-corrected chi connectivity index (χ1v) is 3.66. The fourth-order valence-electron chi connectivity index (χ4n) is 0.334. The van der Waals surface area contributed by atoms with Crippen LogP contribution in [0.25, 0.3) is 0 Å². The summed E-state index contributed by atoms with van der Waals surface area (Å²) < 4.78 is 0. The fraction of sp³-hybridized carbons (Fsp3) is 0.833. The van der Waals surface area contributed by atoms with Gasteiger partial charge in [0.15, 0.2) is 0 Å². The van der Waals surface area contributed by atoms with Gasteiger partial charge in [-0.2, -0.15) is 0 Å². The number of nitrogens with zero attached hydrogens (tertiary/aromatic N) is 1. The van der Waals surface area contributed by atoms with Crippen LogP contribution < -0.4 is 0 Å². The molecule has 1 atom stereocenters. The number of isocyanates is 1. The highest BCUT2D eigenvalue weighted by atomic mass is 35.5. The van der Waals surface area contributed by atoms with E-state index in [1.807, 2.05) is 0 Å². The summed E-state index contributed by atoms with van der Waals surface area (Å²) in [6.07, 6.45) is 1.40. The van der Waals surface area contributed by atoms with E-state index in [9.17, 15) is 4.79 Å². The monoisotopic (exact) mass is 181 g/mol. The van der Waals surface area contributed by atoms with Crippen molar-refractivity contribution < 1.29 is 4.79 Å². The van der Waals surface area contributed by atoms with Crippen molar-refractivity contribution in [1.29, 1.82) is 0 Å². The summed E-state index contributed by atoms with van der Waals surface area (Å²) in [5.41, 5.74) is 0. The van der Waals surface area contributed by atoms with Crippen molar-refractivity contribution >= 4 is 29.3 Å². The molecule has 0 aromatic rings. The summed E-state index contributed by atoms with van der Waals surface area (Å²) in [5.74, 6) is 0. The van der Waals surface area contributed by atoms with Crippen LogP contribution in [0.5, 0.6) is 0 Å². The lowest BCUT2D eigenvalue weighted by Gasteiger charge is -2.19. The van der Waals surface area contributed by atoms with E-state index >= 15 is 0 Å². The smallest absolute Gasteiger partial charge is 0.211 e. The van der Waals surface area contributed by atoms with Gasteiger partial charge < -0.3 is 0 Å². The molecule has 0 amide bonds. The van der Waals surface area contributed by atoms with E-state index in [0.29, 0.717) is 0 Å². The van der Waals surface area contributed by atoms with Crippen LogP contribution in [0.15, 0.2) is 4.99 Å². The molecule has 0 rings (SSSR count). The molecule has 4 heteroatoms. The maximum Gasteiger partial charge on any atom is 0.234 e. The molecule has 0 bridgehead atoms. The van der Waals surface area contributed by atoms with E-state index in [2.05, 4.69) is 4.99 Å². The highest BCUT2D eigenvalue weighted by Crippen LogP contribution is 2.22. The molecule has 0 aliphatic heterocycles. The molecular formula is C6H9Cl2NO. The van der Waals surface area contributed by atoms with Crippen molar-refractivity contribution in [1.82, 2.24) is 0 Å². The minimum atomic E-state index is -0.526. The Balaban J connectivity index is 3.84. The number of aliphatic imine (C=N–C) groups is 1. The van der Waals surface area contributed by atoms with Crippen LogP contribution in [0, 0.1) is 0 Å². The molecule has 0 saturated carbocycles. The Morgan fingerprint density at radius 2 is 2.20 bits per heavy atom. The van der Waals surface area contributed by atoms with Gasteiger partial charge in [-0.15, -0.1) is 23.2 Å². The van der Waals surface area contributed by atoms with Crippen LogP contribution >= 0.6 is 23.2 Å². The van der Waals surface area contributed by atoms with Crippen molar-refractivity contribution in [2.75, 3.05) is 6.54 Å². The maximum absolute atomic E-state index is 9.64. The van der Waals surface area contributed by atoms with Gasteiger partial charge in [-0.05, 0) is 13.8 Å². The van der Waals surface area contributed by atoms with Crippen molar-refractivity contribution in [3.8, 4) is 0 Å². The molecule has 2 nitrogen and oxygen atoms in total. The van der Waals surface area contributed by atoms with Crippen molar-refractivity contribution in [2.24, 2.45) is 4.99 Å². The topological polar surface area (TPSA) is 29.4 Å². The normalized spacial score (nSPS) is 14.0. The first-order valence-electron chi connectivity index (χ1n) is 2.85. The van der Waals surface area contributed by atoms with Crippen LogP contribution in [-0.4, -0.2) is 22.9 Å². The molecule has 0 aromatic heterocycles. The Morgan fingerprint density at radius 1 is 1.70 bits per heavy atom. The molecule has 0 heterocycles. The van der Waals surface area contributed by atoms with Gasteiger partial charge in [-0.3, -0.25) is 0 Å². The number of halogens is 2. The number of hydrogen-bond donors (Lipinski definition) is 0. The molecule has 0 N–H and O–H groups in total. The van der Waals surface area contributed by atoms with Crippen molar-refractivity contribution in [3.63, 3.8) is 0 Å². The molecule has 0 radical (unpaired) electrons. The Morgan fingerprint density at radius 3 is 2.50 bits per heavy atom. The summed E-state index contributed by atoms with van der Waals surface area (Å²) in [5, 5.41) is -0.324. The summed E-state index contributed by atoms with van der Waals surface area (Å²) in [4.78, 5) is 12.4. The van der Waals surface area contributed by atoms with Gasteiger partial charge in [0.1, 0.15) is 0 Å². The van der Waals surface area contributed by atoms with Crippen LogP contribution in [-0.2, 0) is 4.79 Å². The SMILES string of the molecule is CC(C)(Cl)C(Cl)CN=C=O. The van der Waals surface area contributed by atoms with E-state index < -0.39 is 4.87 Å². The Hall–Kier alpha value is -0.0400. The first-order chi connectivity index (χ1) is 4.48. The maximum atomic E-state index is 9.64. The van der Waals surface area contributed by atoms with Gasteiger partial charge in [0.2, 0.25) is 6.08 Å². The molecule has 1 unspecified atom stereocenters. The number of alkyl halides is 2. The molecular weight excluding hydrogens is 173 g/mol. The van der Waals surface area contributed by atoms with Crippen LogP contribution in [0.2, 0.25) is 0 Å². The van der Waals surface area contributed by atoms with Gasteiger partial charge in [-0.25, -0.2) is 9.79 Å². The predicted octanol–water partition coefficient (Wildman–Crippen LogP) is 1.95. The fourth-order valence-corrected chi connectivity index (χ4v) is 0.473. The van der Waals surface area contributed by atoms with Gasteiger partial charge in [0, 0.05) is 0 Å². The van der Waals surface area contributed by atoms with E-state index in [-0.39, 0.29) is 11.9 Å². The summed E-state index contributed by atoms with van der Waals surface area (Å²) in [7, 11) is 0. The minimum Gasteiger partial charge on any atom is -0.211 e. The lowest BCUT2D eigenvalue weighted by molar-refractivity contribution is 0.560. The third-order valence-electron chi connectivity index (χ3n) is 1.06. The largest absolute Gasteiger partial charge is 0.234 e. The van der Waals surface area contributed by atoms with E-state index in [1.165, 1.54) is 6.08 Å². The van der Waals surface area contributed by atoms with E-state index in [1.54, 1.807) is 13.8 Å². The minimum absolute atomic E-state index is 0.224. The Bertz CT molecular complexity index is 146. The third-order valence-corrected chi connectivity index (χ3v) is 2.12. The number of hydrogen-bond acceptors (Lipinski definition) is 2. The molecule has 0 spiro atoms. The van der Waals surface area contributed by atoms with Gasteiger partial charge in [-0.1, -0.05) is 0 Å². The van der Waals surface area contributed by atoms with E-state index in [4.69, 9.17) is 23.2 Å². The molecule has 0 aliphatic carbocycles. The van der Waals surface area contributed by atoms with E-state index in [0.717, 1.165) is 0 Å². The lowest BCUT2D eigenvalue weighted by Crippen LogP contribution is -2.27. The zero-order valence-corrected chi connectivity index (χ0v) is 7.41. The van der Waals surface area contributed by atoms with Crippen molar-refractivity contribution in [2.45, 2.75) is 24.1 Å². The quantitative estimate of drug-likeness (QED) is 0.372. The molecule has 10 heavy (non-hydrogen) atoms. The molecule has 0 saturated heterocycles. The second kappa shape index (κ2) is 3.97. The zero-order chi connectivity index (χ0) is 8.20. The third kappa shape index (κ3) is 3.89. The van der Waals surface area contributed by atoms with Gasteiger partial charge >= 0.3 is 0 Å². The Labute approximate surface area is 70.2 Å². The summed E-state index contributed by atoms with van der Waals surface area (Å²) in [6.45, 7) is 3.76. The van der Waals surface area contributed by atoms with Crippen molar-refractivity contribution in [3.05, 3.63) is 0 Å². The molecule has 0 fully saturated rings. The second-order valence-electron chi connectivity index (χ2n) is 2.46. The van der Waals surface area contributed by atoms with Gasteiger partial charge in [0.25, 0.3) is 0 Å². The Kier molecular flexibility index (Phi) is 3.95. The average molecular weight is 182 g/mol. The molecule has 0 aliphatic rings. The highest BCUT2D eigenvalue weighted by molar-refractivity contribution is 6.32. The number of carbonyl (C=O) groups excluding carboxylic acids is 1. The predicted molar refractivity (Wildman–Crippen MR) is 42.6 cm³/mol. The first kappa shape index (κ1) is 9.96. The second-order valence-corrected chi connectivity index (χ2v) is 3.96.